The van der Waals surface area contributed by atoms with Gasteiger partial charge in [-0.2, -0.15) is 0 Å². The molecule has 3 aromatic rings. The van der Waals surface area contributed by atoms with E-state index in [9.17, 15) is 4.79 Å². The molecule has 2 N–H and O–H groups in total. The highest BCUT2D eigenvalue weighted by Gasteiger charge is 2.01. The fourth-order valence-electron chi connectivity index (χ4n) is 1.44. The highest BCUT2D eigenvalue weighted by atomic mass is 16.1. The first-order chi connectivity index (χ1) is 7.33. The van der Waals surface area contributed by atoms with Crippen LogP contribution >= 0.6 is 0 Å². The minimum Gasteiger partial charge on any atom is -0.306 e. The summed E-state index contributed by atoms with van der Waals surface area (Å²) in [7, 11) is 0. The van der Waals surface area contributed by atoms with Gasteiger partial charge in [0.2, 0.25) is 0 Å². The quantitative estimate of drug-likeness (QED) is 0.573. The lowest BCUT2D eigenvalue weighted by Gasteiger charge is -1.97. The molecule has 0 unspecified atom stereocenters. The Kier molecular flexibility index (Phi) is 1.46. The predicted molar refractivity (Wildman–Crippen MR) is 51.6 cm³/mol. The average molecular weight is 202 g/mol. The fraction of sp³-hybridized carbons (Fsp3) is 0. The molecule has 0 aliphatic rings. The number of aromatic nitrogens is 6. The summed E-state index contributed by atoms with van der Waals surface area (Å²) in [5, 5.41) is 10.8. The van der Waals surface area contributed by atoms with Crippen LogP contribution in [-0.2, 0) is 0 Å². The van der Waals surface area contributed by atoms with Crippen LogP contribution in [0.1, 0.15) is 0 Å². The third kappa shape index (κ3) is 1.21. The first-order valence-corrected chi connectivity index (χ1v) is 4.28. The number of nitrogens with zero attached hydrogens (tertiary/aromatic N) is 4. The lowest BCUT2D eigenvalue weighted by atomic mass is 10.3. The summed E-state index contributed by atoms with van der Waals surface area (Å²) in [6.45, 7) is 0. The van der Waals surface area contributed by atoms with Crippen LogP contribution in [0.4, 0.5) is 0 Å². The van der Waals surface area contributed by atoms with Crippen LogP contribution in [0, 0.1) is 0 Å². The summed E-state index contributed by atoms with van der Waals surface area (Å²) < 4.78 is 1.52. The van der Waals surface area contributed by atoms with Crippen molar-refractivity contribution < 1.29 is 0 Å². The van der Waals surface area contributed by atoms with Gasteiger partial charge in [0.25, 0.3) is 0 Å². The van der Waals surface area contributed by atoms with E-state index >= 15 is 0 Å². The fourth-order valence-corrected chi connectivity index (χ4v) is 1.44. The number of benzene rings is 1. The SMILES string of the molecule is O=c1[nH]c2ccc(-n3cnnn3)cc2[nH]1. The third-order valence-electron chi connectivity index (χ3n) is 2.11. The summed E-state index contributed by atoms with van der Waals surface area (Å²) >= 11 is 0. The molecule has 2 aromatic heterocycles. The summed E-state index contributed by atoms with van der Waals surface area (Å²) in [4.78, 5) is 16.4. The van der Waals surface area contributed by atoms with Crippen molar-refractivity contribution in [2.24, 2.45) is 0 Å². The van der Waals surface area contributed by atoms with E-state index in [1.54, 1.807) is 12.1 Å². The topological polar surface area (TPSA) is 92.2 Å². The van der Waals surface area contributed by atoms with Gasteiger partial charge in [-0.3, -0.25) is 0 Å². The lowest BCUT2D eigenvalue weighted by molar-refractivity contribution is 0.790. The normalized spacial score (nSPS) is 10.9. The number of fused-ring (bicyclic) bond motifs is 1. The van der Waals surface area contributed by atoms with Crippen LogP contribution in [0.25, 0.3) is 16.7 Å². The standard InChI is InChI=1S/C8H6N6O/c15-8-10-6-2-1-5(3-7(6)11-8)14-4-9-12-13-14/h1-4H,(H2,10,11,15). The largest absolute Gasteiger partial charge is 0.323 e. The molecule has 15 heavy (non-hydrogen) atoms. The molecule has 2 heterocycles. The van der Waals surface area contributed by atoms with Crippen molar-refractivity contribution >= 4 is 11.0 Å². The van der Waals surface area contributed by atoms with E-state index in [1.807, 2.05) is 6.07 Å². The minimum absolute atomic E-state index is 0.223. The number of imidazole rings is 1. The Morgan fingerprint density at radius 3 is 2.87 bits per heavy atom. The molecule has 0 bridgehead atoms. The van der Waals surface area contributed by atoms with Crippen LogP contribution in [0.5, 0.6) is 0 Å². The molecule has 0 aliphatic carbocycles. The molecule has 3 rings (SSSR count). The molecule has 74 valence electrons. The molecule has 0 aliphatic heterocycles. The molecule has 0 saturated carbocycles. The molecular weight excluding hydrogens is 196 g/mol. The predicted octanol–water partition coefficient (Wildman–Crippen LogP) is -0.168. The second-order valence-corrected chi connectivity index (χ2v) is 3.06. The Balaban J connectivity index is 2.26. The molecule has 0 radical (unpaired) electrons. The van der Waals surface area contributed by atoms with Crippen molar-refractivity contribution in [3.63, 3.8) is 0 Å². The van der Waals surface area contributed by atoms with E-state index < -0.39 is 0 Å². The summed E-state index contributed by atoms with van der Waals surface area (Å²) in [6, 6.07) is 5.41. The lowest BCUT2D eigenvalue weighted by Crippen LogP contribution is -1.99. The third-order valence-corrected chi connectivity index (χ3v) is 2.11. The molecule has 7 nitrogen and oxygen atoms in total. The van der Waals surface area contributed by atoms with Crippen molar-refractivity contribution in [1.29, 1.82) is 0 Å². The number of hydrogen-bond donors (Lipinski definition) is 2. The summed E-state index contributed by atoms with van der Waals surface area (Å²) in [6.07, 6.45) is 1.49. The van der Waals surface area contributed by atoms with Crippen molar-refractivity contribution in [2.45, 2.75) is 0 Å². The maximum absolute atomic E-state index is 11.0. The molecule has 7 heteroatoms. The average Bonchev–Trinajstić information content (AvgIpc) is 2.82. The van der Waals surface area contributed by atoms with Gasteiger partial charge in [-0.1, -0.05) is 0 Å². The van der Waals surface area contributed by atoms with Gasteiger partial charge in [-0.15, -0.1) is 5.10 Å². The number of nitrogens with one attached hydrogen (secondary N) is 2. The van der Waals surface area contributed by atoms with Crippen molar-refractivity contribution in [3.05, 3.63) is 35.0 Å². The van der Waals surface area contributed by atoms with Crippen molar-refractivity contribution in [2.75, 3.05) is 0 Å². The second kappa shape index (κ2) is 2.77. The zero-order valence-electron chi connectivity index (χ0n) is 7.51. The summed E-state index contributed by atoms with van der Waals surface area (Å²) in [5.41, 5.74) is 2.06. The Hall–Kier alpha value is -2.44. The van der Waals surface area contributed by atoms with Gasteiger partial charge in [0.1, 0.15) is 6.33 Å². The zero-order valence-corrected chi connectivity index (χ0v) is 7.51. The Morgan fingerprint density at radius 1 is 1.20 bits per heavy atom. The van der Waals surface area contributed by atoms with Crippen LogP contribution in [0.15, 0.2) is 29.3 Å². The van der Waals surface area contributed by atoms with Gasteiger partial charge in [-0.25, -0.2) is 9.48 Å². The smallest absolute Gasteiger partial charge is 0.306 e. The van der Waals surface area contributed by atoms with E-state index in [4.69, 9.17) is 0 Å². The first kappa shape index (κ1) is 7.92. The Labute approximate surface area is 82.7 Å². The molecule has 0 spiro atoms. The molecule has 0 fully saturated rings. The van der Waals surface area contributed by atoms with E-state index in [2.05, 4.69) is 25.5 Å². The van der Waals surface area contributed by atoms with Gasteiger partial charge < -0.3 is 9.97 Å². The van der Waals surface area contributed by atoms with Crippen LogP contribution < -0.4 is 5.69 Å². The highest BCUT2D eigenvalue weighted by Crippen LogP contribution is 2.12. The summed E-state index contributed by atoms with van der Waals surface area (Å²) in [5.74, 6) is 0. The van der Waals surface area contributed by atoms with E-state index in [0.717, 1.165) is 16.7 Å². The highest BCUT2D eigenvalue weighted by molar-refractivity contribution is 5.76. The van der Waals surface area contributed by atoms with Gasteiger partial charge in [0.05, 0.1) is 16.7 Å². The van der Waals surface area contributed by atoms with Gasteiger partial charge >= 0.3 is 5.69 Å². The van der Waals surface area contributed by atoms with Crippen LogP contribution in [0.2, 0.25) is 0 Å². The Bertz CT molecular complexity index is 649. The molecule has 1 aromatic carbocycles. The van der Waals surface area contributed by atoms with Gasteiger partial charge in [0, 0.05) is 0 Å². The zero-order chi connectivity index (χ0) is 10.3. The second-order valence-electron chi connectivity index (χ2n) is 3.06. The Morgan fingerprint density at radius 2 is 2.07 bits per heavy atom. The van der Waals surface area contributed by atoms with E-state index in [-0.39, 0.29) is 5.69 Å². The molecule has 0 amide bonds. The monoisotopic (exact) mass is 202 g/mol. The maximum Gasteiger partial charge on any atom is 0.323 e. The van der Waals surface area contributed by atoms with Crippen molar-refractivity contribution in [3.8, 4) is 5.69 Å². The van der Waals surface area contributed by atoms with E-state index in [1.165, 1.54) is 11.0 Å². The van der Waals surface area contributed by atoms with Crippen LogP contribution in [-0.4, -0.2) is 30.2 Å². The minimum atomic E-state index is -0.223. The van der Waals surface area contributed by atoms with Gasteiger partial charge in [-0.05, 0) is 28.6 Å². The molecule has 0 saturated heterocycles. The van der Waals surface area contributed by atoms with Gasteiger partial charge in [0.15, 0.2) is 0 Å². The van der Waals surface area contributed by atoms with E-state index in [0.29, 0.717) is 0 Å². The number of rotatable bonds is 1. The van der Waals surface area contributed by atoms with Crippen molar-refractivity contribution in [1.82, 2.24) is 30.2 Å². The molecular formula is C8H6N6O. The molecule has 0 atom stereocenters. The maximum atomic E-state index is 11.0. The number of H-pyrrole nitrogens is 2. The first-order valence-electron chi connectivity index (χ1n) is 4.28. The van der Waals surface area contributed by atoms with Crippen LogP contribution in [0.3, 0.4) is 0 Å². The number of aromatic amines is 2. The number of tetrazole rings is 1. The number of hydrogen-bond acceptors (Lipinski definition) is 4.